The zero-order valence-corrected chi connectivity index (χ0v) is 10.6. The maximum absolute atomic E-state index is 9.35. The molecule has 5 heteroatoms. The van der Waals surface area contributed by atoms with Crippen molar-refractivity contribution >= 4 is 22.4 Å². The molecule has 0 aliphatic heterocycles. The number of hydrogen-bond acceptors (Lipinski definition) is 5. The van der Waals surface area contributed by atoms with Gasteiger partial charge in [-0.2, -0.15) is 0 Å². The first-order chi connectivity index (χ1) is 8.61. The van der Waals surface area contributed by atoms with Gasteiger partial charge in [0.15, 0.2) is 0 Å². The lowest BCUT2D eigenvalue weighted by molar-refractivity contribution is 0.249. The van der Waals surface area contributed by atoms with Crippen molar-refractivity contribution in [1.82, 2.24) is 9.97 Å². The summed E-state index contributed by atoms with van der Waals surface area (Å²) in [4.78, 5) is 8.42. The minimum atomic E-state index is -0.0375. The van der Waals surface area contributed by atoms with Crippen molar-refractivity contribution in [3.8, 4) is 0 Å². The first-order valence-electron chi connectivity index (χ1n) is 5.99. The molecule has 0 aliphatic rings. The molecule has 0 fully saturated rings. The summed E-state index contributed by atoms with van der Waals surface area (Å²) in [6.07, 6.45) is 1.51. The number of nitrogens with two attached hydrogens (primary N) is 1. The van der Waals surface area contributed by atoms with Crippen molar-refractivity contribution in [2.45, 2.75) is 19.9 Å². The molecule has 0 aliphatic carbocycles. The highest BCUT2D eigenvalue weighted by Gasteiger charge is 2.14. The third kappa shape index (κ3) is 2.51. The number of hydrogen-bond donors (Lipinski definition) is 3. The molecule has 1 heterocycles. The molecule has 96 valence electrons. The summed E-state index contributed by atoms with van der Waals surface area (Å²) < 4.78 is 0. The van der Waals surface area contributed by atoms with E-state index in [0.717, 1.165) is 10.9 Å². The van der Waals surface area contributed by atoms with Gasteiger partial charge in [0.05, 0.1) is 18.2 Å². The molecule has 5 nitrogen and oxygen atoms in total. The Kier molecular flexibility index (Phi) is 3.62. The molecule has 2 rings (SSSR count). The number of nitrogen functional groups attached to an aromatic ring is 1. The van der Waals surface area contributed by atoms with Crippen molar-refractivity contribution in [2.75, 3.05) is 17.7 Å². The zero-order valence-electron chi connectivity index (χ0n) is 10.6. The Bertz CT molecular complexity index is 542. The Morgan fingerprint density at radius 3 is 2.78 bits per heavy atom. The maximum atomic E-state index is 9.35. The topological polar surface area (TPSA) is 84.1 Å². The molecule has 1 unspecified atom stereocenters. The number of anilines is 2. The molecular formula is C13H18N4O. The molecule has 1 aromatic carbocycles. The lowest BCUT2D eigenvalue weighted by Crippen LogP contribution is -2.29. The lowest BCUT2D eigenvalue weighted by Gasteiger charge is -2.21. The number of nitrogens with zero attached hydrogens (tertiary/aromatic N) is 2. The maximum Gasteiger partial charge on any atom is 0.137 e. The smallest absolute Gasteiger partial charge is 0.137 e. The highest BCUT2D eigenvalue weighted by molar-refractivity contribution is 5.91. The van der Waals surface area contributed by atoms with Crippen molar-refractivity contribution in [3.63, 3.8) is 0 Å². The number of aliphatic hydroxyl groups is 1. The molecule has 0 bridgehead atoms. The SMILES string of the molecule is CC(C)C(CO)Nc1ncnc2ccc(N)cc12. The van der Waals surface area contributed by atoms with Crippen LogP contribution in [0.5, 0.6) is 0 Å². The third-order valence-corrected chi connectivity index (χ3v) is 2.98. The fraction of sp³-hybridized carbons (Fsp3) is 0.385. The van der Waals surface area contributed by atoms with Crippen molar-refractivity contribution in [1.29, 1.82) is 0 Å². The van der Waals surface area contributed by atoms with Crippen LogP contribution in [0.1, 0.15) is 13.8 Å². The average molecular weight is 246 g/mol. The fourth-order valence-corrected chi connectivity index (χ4v) is 1.79. The number of aliphatic hydroxyl groups excluding tert-OH is 1. The number of nitrogens with one attached hydrogen (secondary N) is 1. The van der Waals surface area contributed by atoms with E-state index < -0.39 is 0 Å². The van der Waals surface area contributed by atoms with E-state index in [4.69, 9.17) is 5.73 Å². The van der Waals surface area contributed by atoms with Crippen LogP contribution in [0.25, 0.3) is 10.9 Å². The second-order valence-corrected chi connectivity index (χ2v) is 4.68. The van der Waals surface area contributed by atoms with E-state index in [9.17, 15) is 5.11 Å². The predicted molar refractivity (Wildman–Crippen MR) is 73.3 cm³/mol. The van der Waals surface area contributed by atoms with Crippen LogP contribution in [0, 0.1) is 5.92 Å². The number of rotatable bonds is 4. The summed E-state index contributed by atoms with van der Waals surface area (Å²) in [5.41, 5.74) is 7.29. The standard InChI is InChI=1S/C13H18N4O/c1-8(2)12(6-18)17-13-10-5-9(14)3-4-11(10)15-7-16-13/h3-5,7-8,12,18H,6,14H2,1-2H3,(H,15,16,17). The molecule has 1 atom stereocenters. The lowest BCUT2D eigenvalue weighted by atomic mass is 10.1. The predicted octanol–water partition coefficient (Wildman–Crippen LogP) is 1.64. The summed E-state index contributed by atoms with van der Waals surface area (Å²) >= 11 is 0. The fourth-order valence-electron chi connectivity index (χ4n) is 1.79. The summed E-state index contributed by atoms with van der Waals surface area (Å²) in [5, 5.41) is 13.5. The van der Waals surface area contributed by atoms with Crippen LogP contribution in [0.4, 0.5) is 11.5 Å². The highest BCUT2D eigenvalue weighted by Crippen LogP contribution is 2.23. The van der Waals surface area contributed by atoms with Gasteiger partial charge in [0, 0.05) is 11.1 Å². The van der Waals surface area contributed by atoms with Crippen LogP contribution in [0.3, 0.4) is 0 Å². The van der Waals surface area contributed by atoms with Crippen molar-refractivity contribution < 1.29 is 5.11 Å². The van der Waals surface area contributed by atoms with Crippen molar-refractivity contribution in [2.24, 2.45) is 5.92 Å². The van der Waals surface area contributed by atoms with Crippen LogP contribution in [0.2, 0.25) is 0 Å². The number of fused-ring (bicyclic) bond motifs is 1. The molecule has 0 saturated carbocycles. The van der Waals surface area contributed by atoms with Crippen LogP contribution >= 0.6 is 0 Å². The van der Waals surface area contributed by atoms with E-state index in [1.54, 1.807) is 0 Å². The monoisotopic (exact) mass is 246 g/mol. The molecule has 0 radical (unpaired) electrons. The van der Waals surface area contributed by atoms with Gasteiger partial charge in [-0.25, -0.2) is 9.97 Å². The Hall–Kier alpha value is -1.88. The second kappa shape index (κ2) is 5.18. The summed E-state index contributed by atoms with van der Waals surface area (Å²) in [7, 11) is 0. The molecule has 18 heavy (non-hydrogen) atoms. The van der Waals surface area contributed by atoms with Gasteiger partial charge >= 0.3 is 0 Å². The third-order valence-electron chi connectivity index (χ3n) is 2.98. The highest BCUT2D eigenvalue weighted by atomic mass is 16.3. The molecule has 4 N–H and O–H groups in total. The molecule has 0 spiro atoms. The summed E-state index contributed by atoms with van der Waals surface area (Å²) in [6, 6.07) is 5.47. The molecule has 1 aromatic heterocycles. The van der Waals surface area contributed by atoms with Crippen LogP contribution in [0.15, 0.2) is 24.5 Å². The first-order valence-corrected chi connectivity index (χ1v) is 5.99. The van der Waals surface area contributed by atoms with Gasteiger partial charge in [-0.3, -0.25) is 0 Å². The van der Waals surface area contributed by atoms with Gasteiger partial charge in [-0.05, 0) is 24.1 Å². The van der Waals surface area contributed by atoms with Crippen molar-refractivity contribution in [3.05, 3.63) is 24.5 Å². The van der Waals surface area contributed by atoms with Gasteiger partial charge < -0.3 is 16.2 Å². The Morgan fingerprint density at radius 2 is 2.11 bits per heavy atom. The van der Waals surface area contributed by atoms with Gasteiger partial charge in [0.1, 0.15) is 12.1 Å². The van der Waals surface area contributed by atoms with Gasteiger partial charge in [0.25, 0.3) is 0 Å². The van der Waals surface area contributed by atoms with E-state index in [-0.39, 0.29) is 12.6 Å². The Labute approximate surface area is 106 Å². The van der Waals surface area contributed by atoms with E-state index >= 15 is 0 Å². The number of benzene rings is 1. The van der Waals surface area contributed by atoms with Crippen LogP contribution in [-0.2, 0) is 0 Å². The van der Waals surface area contributed by atoms with Crippen LogP contribution in [-0.4, -0.2) is 27.7 Å². The molecule has 2 aromatic rings. The minimum absolute atomic E-state index is 0.0375. The number of aromatic nitrogens is 2. The molecular weight excluding hydrogens is 228 g/mol. The average Bonchev–Trinajstić information content (AvgIpc) is 2.35. The summed E-state index contributed by atoms with van der Waals surface area (Å²) in [6.45, 7) is 4.16. The first kappa shape index (κ1) is 12.6. The Morgan fingerprint density at radius 1 is 1.33 bits per heavy atom. The van der Waals surface area contributed by atoms with E-state index in [2.05, 4.69) is 15.3 Å². The second-order valence-electron chi connectivity index (χ2n) is 4.68. The molecule has 0 amide bonds. The normalized spacial score (nSPS) is 12.9. The van der Waals surface area contributed by atoms with E-state index in [1.807, 2.05) is 32.0 Å². The van der Waals surface area contributed by atoms with Gasteiger partial charge in [0.2, 0.25) is 0 Å². The van der Waals surface area contributed by atoms with Gasteiger partial charge in [-0.1, -0.05) is 13.8 Å². The molecule has 0 saturated heterocycles. The summed E-state index contributed by atoms with van der Waals surface area (Å²) in [5.74, 6) is 1.01. The Balaban J connectivity index is 2.41. The largest absolute Gasteiger partial charge is 0.399 e. The van der Waals surface area contributed by atoms with E-state index in [0.29, 0.717) is 17.4 Å². The van der Waals surface area contributed by atoms with Crippen LogP contribution < -0.4 is 11.1 Å². The van der Waals surface area contributed by atoms with Gasteiger partial charge in [-0.15, -0.1) is 0 Å². The quantitative estimate of drug-likeness (QED) is 0.714. The zero-order chi connectivity index (χ0) is 13.1. The minimum Gasteiger partial charge on any atom is -0.399 e. The van der Waals surface area contributed by atoms with E-state index in [1.165, 1.54) is 6.33 Å².